The minimum atomic E-state index is -0.0951. The molecule has 2 nitrogen and oxygen atoms in total. The van der Waals surface area contributed by atoms with E-state index in [4.69, 9.17) is 0 Å². The predicted molar refractivity (Wildman–Crippen MR) is 75.4 cm³/mol. The van der Waals surface area contributed by atoms with E-state index < -0.39 is 0 Å². The Hall–Kier alpha value is -0.830. The van der Waals surface area contributed by atoms with Crippen molar-refractivity contribution in [3.05, 3.63) is 35.9 Å². The lowest BCUT2D eigenvalue weighted by atomic mass is 9.95. The van der Waals surface area contributed by atoms with Gasteiger partial charge in [-0.25, -0.2) is 0 Å². The van der Waals surface area contributed by atoms with Crippen LogP contribution < -0.4 is 5.32 Å². The number of hydrogen-bond acceptors (Lipinski definition) is 1. The average Bonchev–Trinajstić information content (AvgIpc) is 2.36. The molecule has 1 aromatic rings. The van der Waals surface area contributed by atoms with Crippen molar-refractivity contribution in [3.63, 3.8) is 0 Å². The van der Waals surface area contributed by atoms with Crippen LogP contribution in [0.3, 0.4) is 0 Å². The predicted octanol–water partition coefficient (Wildman–Crippen LogP) is 3.33. The molecule has 1 amide bonds. The molecule has 0 aliphatic heterocycles. The van der Waals surface area contributed by atoms with Gasteiger partial charge in [0.1, 0.15) is 0 Å². The highest BCUT2D eigenvalue weighted by molar-refractivity contribution is 9.09. The number of nitrogens with one attached hydrogen (secondary N) is 1. The van der Waals surface area contributed by atoms with Crippen LogP contribution in [0.4, 0.5) is 0 Å². The summed E-state index contributed by atoms with van der Waals surface area (Å²) in [6.45, 7) is 6.87. The van der Waals surface area contributed by atoms with Gasteiger partial charge in [0.15, 0.2) is 0 Å². The van der Waals surface area contributed by atoms with Gasteiger partial charge in [0.2, 0.25) is 5.91 Å². The molecule has 17 heavy (non-hydrogen) atoms. The summed E-state index contributed by atoms with van der Waals surface area (Å²) in [5, 5.41) is 3.88. The Kier molecular flexibility index (Phi) is 5.19. The number of amides is 1. The fourth-order valence-corrected chi connectivity index (χ4v) is 1.62. The van der Waals surface area contributed by atoms with Gasteiger partial charge in [-0.1, -0.05) is 60.1 Å². The Bertz CT molecular complexity index is 362. The Morgan fingerprint density at radius 1 is 1.35 bits per heavy atom. The molecule has 94 valence electrons. The van der Waals surface area contributed by atoms with E-state index in [9.17, 15) is 4.79 Å². The molecule has 1 rings (SSSR count). The van der Waals surface area contributed by atoms with Crippen LogP contribution in [0.5, 0.6) is 0 Å². The van der Waals surface area contributed by atoms with Crippen molar-refractivity contribution in [2.45, 2.75) is 26.7 Å². The van der Waals surface area contributed by atoms with Crippen LogP contribution in [-0.4, -0.2) is 17.8 Å². The molecule has 0 aliphatic rings. The highest BCUT2D eigenvalue weighted by atomic mass is 79.9. The van der Waals surface area contributed by atoms with Crippen LogP contribution in [0.15, 0.2) is 30.3 Å². The van der Waals surface area contributed by atoms with E-state index in [2.05, 4.69) is 35.1 Å². The molecule has 3 heteroatoms. The van der Waals surface area contributed by atoms with Gasteiger partial charge < -0.3 is 5.32 Å². The highest BCUT2D eigenvalue weighted by Gasteiger charge is 2.20. The molecule has 1 unspecified atom stereocenters. The third kappa shape index (κ3) is 4.50. The first-order valence-corrected chi connectivity index (χ1v) is 6.97. The number of carbonyl (C=O) groups excluding carboxylic acids is 1. The van der Waals surface area contributed by atoms with E-state index in [1.807, 2.05) is 37.3 Å². The van der Waals surface area contributed by atoms with Crippen LogP contribution in [-0.2, 0) is 4.79 Å². The maximum Gasteiger partial charge on any atom is 0.227 e. The summed E-state index contributed by atoms with van der Waals surface area (Å²) in [7, 11) is 0. The van der Waals surface area contributed by atoms with Crippen molar-refractivity contribution in [1.82, 2.24) is 5.32 Å². The molecule has 0 fully saturated rings. The van der Waals surface area contributed by atoms with Gasteiger partial charge in [-0.15, -0.1) is 0 Å². The zero-order valence-electron chi connectivity index (χ0n) is 10.7. The van der Waals surface area contributed by atoms with Crippen molar-refractivity contribution in [3.8, 4) is 0 Å². The van der Waals surface area contributed by atoms with Crippen molar-refractivity contribution >= 4 is 21.8 Å². The largest absolute Gasteiger partial charge is 0.355 e. The summed E-state index contributed by atoms with van der Waals surface area (Å²) >= 11 is 3.45. The molecule has 0 bridgehead atoms. The molecule has 0 radical (unpaired) electrons. The molecule has 1 atom stereocenters. The molecule has 0 aliphatic carbocycles. The molecule has 0 spiro atoms. The van der Waals surface area contributed by atoms with Crippen molar-refractivity contribution < 1.29 is 4.79 Å². The molecule has 0 heterocycles. The number of alkyl halides is 1. The Morgan fingerprint density at radius 2 is 1.94 bits per heavy atom. The van der Waals surface area contributed by atoms with Crippen LogP contribution in [0.1, 0.15) is 32.3 Å². The number of rotatable bonds is 5. The standard InChI is InChI=1S/C14H20BrNO/c1-11(12-7-5-4-6-8-12)13(17)16-10-14(2,3)9-15/h4-8,11H,9-10H2,1-3H3,(H,16,17). The Balaban J connectivity index is 2.54. The van der Waals surface area contributed by atoms with E-state index >= 15 is 0 Å². The fourth-order valence-electron chi connectivity index (χ4n) is 1.42. The molecule has 1 aromatic carbocycles. The van der Waals surface area contributed by atoms with Crippen molar-refractivity contribution in [2.75, 3.05) is 11.9 Å². The number of carbonyl (C=O) groups is 1. The molecular weight excluding hydrogens is 278 g/mol. The first kappa shape index (κ1) is 14.2. The summed E-state index contributed by atoms with van der Waals surface area (Å²) in [6, 6.07) is 9.85. The monoisotopic (exact) mass is 297 g/mol. The Morgan fingerprint density at radius 3 is 2.47 bits per heavy atom. The van der Waals surface area contributed by atoms with Gasteiger partial charge in [-0.3, -0.25) is 4.79 Å². The van der Waals surface area contributed by atoms with Crippen LogP contribution in [0.25, 0.3) is 0 Å². The zero-order valence-corrected chi connectivity index (χ0v) is 12.3. The van der Waals surface area contributed by atoms with Crippen molar-refractivity contribution in [1.29, 1.82) is 0 Å². The molecular formula is C14H20BrNO. The van der Waals surface area contributed by atoms with E-state index in [1.54, 1.807) is 0 Å². The second kappa shape index (κ2) is 6.20. The first-order valence-electron chi connectivity index (χ1n) is 5.85. The summed E-state index contributed by atoms with van der Waals surface area (Å²) in [4.78, 5) is 12.0. The molecule has 0 saturated carbocycles. The number of halogens is 1. The quantitative estimate of drug-likeness (QED) is 0.830. The topological polar surface area (TPSA) is 29.1 Å². The second-order valence-electron chi connectivity index (χ2n) is 5.15. The highest BCUT2D eigenvalue weighted by Crippen LogP contribution is 2.18. The summed E-state index contributed by atoms with van der Waals surface area (Å²) < 4.78 is 0. The molecule has 0 saturated heterocycles. The van der Waals surface area contributed by atoms with Gasteiger partial charge >= 0.3 is 0 Å². The van der Waals surface area contributed by atoms with E-state index in [1.165, 1.54) is 0 Å². The Labute approximate surface area is 112 Å². The normalized spacial score (nSPS) is 13.2. The van der Waals surface area contributed by atoms with Gasteiger partial charge in [0.25, 0.3) is 0 Å². The maximum atomic E-state index is 12.0. The zero-order chi connectivity index (χ0) is 12.9. The third-order valence-corrected chi connectivity index (χ3v) is 4.31. The fraction of sp³-hybridized carbons (Fsp3) is 0.500. The van der Waals surface area contributed by atoms with E-state index in [0.29, 0.717) is 6.54 Å². The number of benzene rings is 1. The summed E-state index contributed by atoms with van der Waals surface area (Å²) in [5.74, 6) is -0.00690. The van der Waals surface area contributed by atoms with Gasteiger partial charge in [0.05, 0.1) is 5.92 Å². The SMILES string of the molecule is CC(C(=O)NCC(C)(C)CBr)c1ccccc1. The smallest absolute Gasteiger partial charge is 0.227 e. The van der Waals surface area contributed by atoms with Gasteiger partial charge in [-0.05, 0) is 17.9 Å². The van der Waals surface area contributed by atoms with Crippen LogP contribution in [0.2, 0.25) is 0 Å². The van der Waals surface area contributed by atoms with Gasteiger partial charge in [-0.2, -0.15) is 0 Å². The molecule has 0 aromatic heterocycles. The summed E-state index contributed by atoms with van der Waals surface area (Å²) in [6.07, 6.45) is 0. The molecule has 1 N–H and O–H groups in total. The average molecular weight is 298 g/mol. The van der Waals surface area contributed by atoms with Gasteiger partial charge in [0, 0.05) is 11.9 Å². The first-order chi connectivity index (χ1) is 7.96. The van der Waals surface area contributed by atoms with E-state index in [-0.39, 0.29) is 17.2 Å². The minimum Gasteiger partial charge on any atom is -0.355 e. The van der Waals surface area contributed by atoms with E-state index in [0.717, 1.165) is 10.9 Å². The lowest BCUT2D eigenvalue weighted by Gasteiger charge is -2.23. The van der Waals surface area contributed by atoms with Crippen LogP contribution >= 0.6 is 15.9 Å². The lowest BCUT2D eigenvalue weighted by molar-refractivity contribution is -0.122. The van der Waals surface area contributed by atoms with Crippen LogP contribution in [0, 0.1) is 5.41 Å². The number of hydrogen-bond donors (Lipinski definition) is 1. The third-order valence-electron chi connectivity index (χ3n) is 2.80. The second-order valence-corrected chi connectivity index (χ2v) is 5.71. The van der Waals surface area contributed by atoms with Crippen molar-refractivity contribution in [2.24, 2.45) is 5.41 Å². The maximum absolute atomic E-state index is 12.0. The summed E-state index contributed by atoms with van der Waals surface area (Å²) in [5.41, 5.74) is 1.15. The lowest BCUT2D eigenvalue weighted by Crippen LogP contribution is -2.37. The minimum absolute atomic E-state index is 0.0882.